The lowest BCUT2D eigenvalue weighted by Gasteiger charge is -2.20. The molecule has 0 unspecified atom stereocenters. The van der Waals surface area contributed by atoms with Gasteiger partial charge in [0.2, 0.25) is 0 Å². The molecule has 1 aliphatic rings. The monoisotopic (exact) mass is 447 g/mol. The SMILES string of the molecule is O=C(COc1cc(Cl)c(Cl)cc1Cl)OCc1cc([N+](=O)[O-])cc2c1OCOC2. The van der Waals surface area contributed by atoms with Gasteiger partial charge in [0.1, 0.15) is 18.1 Å². The first-order valence-corrected chi connectivity index (χ1v) is 8.92. The van der Waals surface area contributed by atoms with Gasteiger partial charge in [-0.15, -0.1) is 0 Å². The number of fused-ring (bicyclic) bond motifs is 1. The number of carbonyl (C=O) groups excluding carboxylic acids is 1. The molecule has 1 heterocycles. The van der Waals surface area contributed by atoms with Crippen LogP contribution in [0.3, 0.4) is 0 Å². The molecule has 0 aliphatic carbocycles. The van der Waals surface area contributed by atoms with E-state index in [0.717, 1.165) is 0 Å². The zero-order valence-corrected chi connectivity index (χ0v) is 16.3. The molecule has 2 aromatic carbocycles. The second kappa shape index (κ2) is 8.83. The average molecular weight is 449 g/mol. The minimum atomic E-state index is -0.713. The van der Waals surface area contributed by atoms with Gasteiger partial charge >= 0.3 is 5.97 Å². The summed E-state index contributed by atoms with van der Waals surface area (Å²) < 4.78 is 20.9. The largest absolute Gasteiger partial charge is 0.480 e. The van der Waals surface area contributed by atoms with Gasteiger partial charge in [0.25, 0.3) is 5.69 Å². The highest BCUT2D eigenvalue weighted by Crippen LogP contribution is 2.34. The van der Waals surface area contributed by atoms with E-state index < -0.39 is 17.5 Å². The molecular weight excluding hydrogens is 437 g/mol. The molecule has 0 spiro atoms. The number of halogens is 3. The first-order valence-electron chi connectivity index (χ1n) is 7.79. The highest BCUT2D eigenvalue weighted by molar-refractivity contribution is 6.43. The number of nitrogens with zero attached hydrogens (tertiary/aromatic N) is 1. The average Bonchev–Trinajstić information content (AvgIpc) is 2.67. The van der Waals surface area contributed by atoms with E-state index >= 15 is 0 Å². The minimum absolute atomic E-state index is 0.00466. The van der Waals surface area contributed by atoms with Crippen molar-refractivity contribution in [2.24, 2.45) is 0 Å². The van der Waals surface area contributed by atoms with Gasteiger partial charge in [-0.1, -0.05) is 34.8 Å². The van der Waals surface area contributed by atoms with Crippen molar-refractivity contribution >= 4 is 46.5 Å². The van der Waals surface area contributed by atoms with Crippen LogP contribution in [0.1, 0.15) is 11.1 Å². The standard InChI is InChI=1S/C17H12Cl3NO7/c18-12-3-14(20)15(4-13(12)19)26-7-16(22)27-6-10-2-11(21(23)24)1-9-5-25-8-28-17(9)10/h1-4H,5-8H2. The Morgan fingerprint density at radius 2 is 1.89 bits per heavy atom. The Balaban J connectivity index is 1.65. The van der Waals surface area contributed by atoms with Crippen molar-refractivity contribution in [3.8, 4) is 11.5 Å². The molecule has 0 saturated carbocycles. The summed E-state index contributed by atoms with van der Waals surface area (Å²) in [5.74, 6) is -0.145. The third-order valence-electron chi connectivity index (χ3n) is 3.69. The Morgan fingerprint density at radius 3 is 2.64 bits per heavy atom. The highest BCUT2D eigenvalue weighted by Gasteiger charge is 2.22. The Kier molecular flexibility index (Phi) is 6.46. The number of rotatable bonds is 6. The number of hydrogen-bond donors (Lipinski definition) is 0. The van der Waals surface area contributed by atoms with Crippen molar-refractivity contribution in [1.29, 1.82) is 0 Å². The highest BCUT2D eigenvalue weighted by atomic mass is 35.5. The summed E-state index contributed by atoms with van der Waals surface area (Å²) in [6, 6.07) is 5.41. The zero-order valence-electron chi connectivity index (χ0n) is 14.1. The molecule has 28 heavy (non-hydrogen) atoms. The van der Waals surface area contributed by atoms with Gasteiger partial charge in [-0.2, -0.15) is 0 Å². The van der Waals surface area contributed by atoms with Crippen molar-refractivity contribution in [2.45, 2.75) is 13.2 Å². The quantitative estimate of drug-likeness (QED) is 0.277. The molecule has 0 fully saturated rings. The molecular formula is C17H12Cl3NO7. The van der Waals surface area contributed by atoms with Crippen LogP contribution < -0.4 is 9.47 Å². The first-order chi connectivity index (χ1) is 13.3. The summed E-state index contributed by atoms with van der Waals surface area (Å²) in [5, 5.41) is 11.7. The van der Waals surface area contributed by atoms with Gasteiger partial charge in [-0.3, -0.25) is 10.1 Å². The van der Waals surface area contributed by atoms with Gasteiger partial charge in [0, 0.05) is 29.3 Å². The lowest BCUT2D eigenvalue weighted by molar-refractivity contribution is -0.385. The smallest absolute Gasteiger partial charge is 0.344 e. The number of hydrogen-bond acceptors (Lipinski definition) is 7. The van der Waals surface area contributed by atoms with Crippen LogP contribution in [-0.4, -0.2) is 24.3 Å². The lowest BCUT2D eigenvalue weighted by Crippen LogP contribution is -2.17. The van der Waals surface area contributed by atoms with Crippen molar-refractivity contribution in [3.63, 3.8) is 0 Å². The summed E-state index contributed by atoms with van der Waals surface area (Å²) in [6.45, 7) is -0.512. The summed E-state index contributed by atoms with van der Waals surface area (Å²) in [4.78, 5) is 22.5. The Bertz CT molecular complexity index is 935. The van der Waals surface area contributed by atoms with E-state index in [-0.39, 0.29) is 46.5 Å². The van der Waals surface area contributed by atoms with E-state index in [4.69, 9.17) is 53.8 Å². The van der Waals surface area contributed by atoms with E-state index in [9.17, 15) is 14.9 Å². The molecule has 0 saturated heterocycles. The summed E-state index contributed by atoms with van der Waals surface area (Å²) in [7, 11) is 0. The lowest BCUT2D eigenvalue weighted by atomic mass is 10.1. The summed E-state index contributed by atoms with van der Waals surface area (Å²) >= 11 is 17.7. The van der Waals surface area contributed by atoms with E-state index in [1.807, 2.05) is 0 Å². The van der Waals surface area contributed by atoms with E-state index in [2.05, 4.69) is 0 Å². The third-order valence-corrected chi connectivity index (χ3v) is 4.71. The van der Waals surface area contributed by atoms with Crippen LogP contribution in [0.25, 0.3) is 0 Å². The van der Waals surface area contributed by atoms with Gasteiger partial charge in [0.15, 0.2) is 13.4 Å². The number of ether oxygens (including phenoxy) is 4. The minimum Gasteiger partial charge on any atom is -0.480 e. The van der Waals surface area contributed by atoms with Crippen LogP contribution in [0.2, 0.25) is 15.1 Å². The Hall–Kier alpha value is -2.26. The fourth-order valence-electron chi connectivity index (χ4n) is 2.44. The van der Waals surface area contributed by atoms with Gasteiger partial charge < -0.3 is 18.9 Å². The van der Waals surface area contributed by atoms with Crippen LogP contribution in [0.15, 0.2) is 24.3 Å². The van der Waals surface area contributed by atoms with E-state index in [1.54, 1.807) is 0 Å². The topological polar surface area (TPSA) is 97.1 Å². The molecule has 0 aromatic heterocycles. The third kappa shape index (κ3) is 4.77. The number of carbonyl (C=O) groups is 1. The molecule has 8 nitrogen and oxygen atoms in total. The molecule has 0 N–H and O–H groups in total. The van der Waals surface area contributed by atoms with Crippen LogP contribution >= 0.6 is 34.8 Å². The Labute approximate surface area is 173 Å². The number of nitro groups is 1. The predicted molar refractivity (Wildman–Crippen MR) is 100 cm³/mol. The fraction of sp³-hybridized carbons (Fsp3) is 0.235. The number of non-ortho nitro benzene ring substituents is 1. The first kappa shape index (κ1) is 20.5. The Morgan fingerprint density at radius 1 is 1.14 bits per heavy atom. The van der Waals surface area contributed by atoms with Crippen molar-refractivity contribution in [3.05, 3.63) is 60.6 Å². The maximum atomic E-state index is 12.0. The van der Waals surface area contributed by atoms with Gasteiger partial charge in [-0.05, 0) is 6.07 Å². The molecule has 0 amide bonds. The van der Waals surface area contributed by atoms with E-state index in [0.29, 0.717) is 16.9 Å². The number of benzene rings is 2. The van der Waals surface area contributed by atoms with Crippen LogP contribution in [0.5, 0.6) is 11.5 Å². The predicted octanol–water partition coefficient (Wildman–Crippen LogP) is 4.54. The second-order valence-corrected chi connectivity index (χ2v) is 6.83. The van der Waals surface area contributed by atoms with E-state index in [1.165, 1.54) is 24.3 Å². The summed E-state index contributed by atoms with van der Waals surface area (Å²) in [5.41, 5.74) is 0.705. The van der Waals surface area contributed by atoms with Crippen LogP contribution in [-0.2, 0) is 27.5 Å². The van der Waals surface area contributed by atoms with Crippen molar-refractivity contribution in [2.75, 3.05) is 13.4 Å². The van der Waals surface area contributed by atoms with Crippen molar-refractivity contribution in [1.82, 2.24) is 0 Å². The van der Waals surface area contributed by atoms with Gasteiger partial charge in [0.05, 0.1) is 26.6 Å². The molecule has 2 aromatic rings. The molecule has 0 atom stereocenters. The zero-order chi connectivity index (χ0) is 20.3. The second-order valence-electron chi connectivity index (χ2n) is 5.61. The molecule has 11 heteroatoms. The summed E-state index contributed by atoms with van der Waals surface area (Å²) in [6.07, 6.45) is 0. The van der Waals surface area contributed by atoms with Crippen LogP contribution in [0.4, 0.5) is 5.69 Å². The van der Waals surface area contributed by atoms with Crippen molar-refractivity contribution < 1.29 is 28.7 Å². The maximum absolute atomic E-state index is 12.0. The maximum Gasteiger partial charge on any atom is 0.344 e. The van der Waals surface area contributed by atoms with Gasteiger partial charge in [-0.25, -0.2) is 4.79 Å². The number of nitro benzene ring substituents is 1. The molecule has 3 rings (SSSR count). The molecule has 0 radical (unpaired) electrons. The molecule has 148 valence electrons. The molecule has 0 bridgehead atoms. The fourth-order valence-corrected chi connectivity index (χ4v) is 3.04. The molecule has 1 aliphatic heterocycles. The normalized spacial score (nSPS) is 12.7. The number of esters is 1. The van der Waals surface area contributed by atoms with Crippen LogP contribution in [0, 0.1) is 10.1 Å².